The number of nitrogens with zero attached hydrogens (tertiary/aromatic N) is 4. The zero-order valence-electron chi connectivity index (χ0n) is 18.2. The lowest BCUT2D eigenvalue weighted by Gasteiger charge is -2.35. The van der Waals surface area contributed by atoms with Crippen LogP contribution in [0.4, 0.5) is 0 Å². The molecular formula is C25H32N4OS. The number of piperazine rings is 1. The van der Waals surface area contributed by atoms with Crippen LogP contribution in [0.5, 0.6) is 0 Å². The van der Waals surface area contributed by atoms with Crippen LogP contribution in [-0.2, 0) is 17.8 Å². The third-order valence-electron chi connectivity index (χ3n) is 6.87. The molecule has 0 saturated carbocycles. The monoisotopic (exact) mass is 436 g/mol. The fraction of sp³-hybridized carbons (Fsp3) is 0.520. The molecule has 1 saturated heterocycles. The number of aryl methyl sites for hydroxylation is 1. The SMILES string of the molecule is O=C1CC2CCc3sccc3C2=NN1CCCCN1CCN(Cc2ccccc2)CC1. The molecule has 1 amide bonds. The molecule has 1 fully saturated rings. The van der Waals surface area contributed by atoms with E-state index in [2.05, 4.69) is 51.6 Å². The van der Waals surface area contributed by atoms with Gasteiger partial charge in [0.25, 0.3) is 0 Å². The van der Waals surface area contributed by atoms with E-state index in [-0.39, 0.29) is 5.91 Å². The minimum atomic E-state index is 0.210. The molecule has 1 aromatic heterocycles. The van der Waals surface area contributed by atoms with E-state index in [1.54, 1.807) is 5.01 Å². The first kappa shape index (κ1) is 20.9. The molecule has 1 aliphatic carbocycles. The second-order valence-corrected chi connectivity index (χ2v) is 10.0. The molecule has 1 atom stereocenters. The molecule has 6 heteroatoms. The molecule has 164 valence electrons. The maximum Gasteiger partial charge on any atom is 0.243 e. The van der Waals surface area contributed by atoms with E-state index in [9.17, 15) is 4.79 Å². The zero-order valence-corrected chi connectivity index (χ0v) is 19.0. The molecule has 5 nitrogen and oxygen atoms in total. The first-order valence-electron chi connectivity index (χ1n) is 11.7. The Morgan fingerprint density at radius 1 is 0.968 bits per heavy atom. The number of amides is 1. The van der Waals surface area contributed by atoms with Crippen molar-refractivity contribution in [1.29, 1.82) is 0 Å². The van der Waals surface area contributed by atoms with Crippen molar-refractivity contribution in [2.24, 2.45) is 11.0 Å². The molecule has 0 bridgehead atoms. The summed E-state index contributed by atoms with van der Waals surface area (Å²) in [4.78, 5) is 19.1. The number of rotatable bonds is 7. The normalized spacial score (nSPS) is 22.2. The molecule has 5 rings (SSSR count). The van der Waals surface area contributed by atoms with Crippen molar-refractivity contribution in [3.05, 3.63) is 57.8 Å². The van der Waals surface area contributed by atoms with Crippen LogP contribution < -0.4 is 0 Å². The van der Waals surface area contributed by atoms with Gasteiger partial charge in [0.05, 0.1) is 5.71 Å². The molecule has 3 heterocycles. The van der Waals surface area contributed by atoms with Crippen molar-refractivity contribution < 1.29 is 4.79 Å². The number of carbonyl (C=O) groups excluding carboxylic acids is 1. The summed E-state index contributed by atoms with van der Waals surface area (Å²) in [6.07, 6.45) is 4.95. The van der Waals surface area contributed by atoms with Crippen molar-refractivity contribution >= 4 is 23.0 Å². The summed E-state index contributed by atoms with van der Waals surface area (Å²) in [5.41, 5.74) is 3.86. The summed E-state index contributed by atoms with van der Waals surface area (Å²) < 4.78 is 0. The maximum absolute atomic E-state index is 12.6. The van der Waals surface area contributed by atoms with Crippen LogP contribution in [0.1, 0.15) is 41.7 Å². The van der Waals surface area contributed by atoms with Gasteiger partial charge in [0.2, 0.25) is 5.91 Å². The van der Waals surface area contributed by atoms with Crippen molar-refractivity contribution in [1.82, 2.24) is 14.8 Å². The molecule has 31 heavy (non-hydrogen) atoms. The van der Waals surface area contributed by atoms with Crippen LogP contribution in [0.2, 0.25) is 0 Å². The first-order valence-corrected chi connectivity index (χ1v) is 12.6. The Hall–Kier alpha value is -2.02. The third-order valence-corrected chi connectivity index (χ3v) is 7.85. The van der Waals surface area contributed by atoms with Crippen LogP contribution in [0, 0.1) is 5.92 Å². The van der Waals surface area contributed by atoms with Crippen LogP contribution >= 0.6 is 11.3 Å². The van der Waals surface area contributed by atoms with E-state index in [1.165, 1.54) is 16.0 Å². The number of carbonyl (C=O) groups is 1. The lowest BCUT2D eigenvalue weighted by molar-refractivity contribution is -0.132. The lowest BCUT2D eigenvalue weighted by Crippen LogP contribution is -2.46. The number of benzene rings is 1. The average Bonchev–Trinajstić information content (AvgIpc) is 3.28. The smallest absolute Gasteiger partial charge is 0.243 e. The summed E-state index contributed by atoms with van der Waals surface area (Å²) in [6.45, 7) is 7.48. The van der Waals surface area contributed by atoms with Gasteiger partial charge in [-0.05, 0) is 49.2 Å². The van der Waals surface area contributed by atoms with Gasteiger partial charge in [-0.2, -0.15) is 5.10 Å². The zero-order chi connectivity index (χ0) is 21.0. The molecule has 0 radical (unpaired) electrons. The number of unbranched alkanes of at least 4 members (excludes halogenated alkanes) is 1. The topological polar surface area (TPSA) is 39.2 Å². The second-order valence-electron chi connectivity index (χ2n) is 9.01. The summed E-state index contributed by atoms with van der Waals surface area (Å²) in [5.74, 6) is 0.542. The minimum Gasteiger partial charge on any atom is -0.301 e. The van der Waals surface area contributed by atoms with Crippen molar-refractivity contribution in [3.8, 4) is 0 Å². The van der Waals surface area contributed by atoms with Gasteiger partial charge in [-0.3, -0.25) is 9.69 Å². The Kier molecular flexibility index (Phi) is 6.48. The lowest BCUT2D eigenvalue weighted by atomic mass is 9.83. The second kappa shape index (κ2) is 9.63. The molecule has 0 N–H and O–H groups in total. The Labute approximate surface area is 189 Å². The van der Waals surface area contributed by atoms with Gasteiger partial charge in [-0.15, -0.1) is 11.3 Å². The van der Waals surface area contributed by atoms with E-state index in [0.717, 1.165) is 77.2 Å². The molecule has 0 spiro atoms. The van der Waals surface area contributed by atoms with Crippen molar-refractivity contribution in [3.63, 3.8) is 0 Å². The highest BCUT2D eigenvalue weighted by Crippen LogP contribution is 2.34. The Morgan fingerprint density at radius 3 is 2.58 bits per heavy atom. The molecule has 2 aliphatic heterocycles. The summed E-state index contributed by atoms with van der Waals surface area (Å²) in [6, 6.07) is 12.9. The number of hydrogen-bond donors (Lipinski definition) is 0. The molecule has 3 aliphatic rings. The van der Waals surface area contributed by atoms with Gasteiger partial charge in [0, 0.05) is 62.0 Å². The highest BCUT2D eigenvalue weighted by Gasteiger charge is 2.34. The number of fused-ring (bicyclic) bond motifs is 3. The summed E-state index contributed by atoms with van der Waals surface area (Å²) >= 11 is 1.83. The highest BCUT2D eigenvalue weighted by atomic mass is 32.1. The Balaban J connectivity index is 1.06. The van der Waals surface area contributed by atoms with Crippen LogP contribution in [-0.4, -0.2) is 65.7 Å². The van der Waals surface area contributed by atoms with E-state index in [0.29, 0.717) is 12.3 Å². The van der Waals surface area contributed by atoms with Gasteiger partial charge in [-0.25, -0.2) is 5.01 Å². The van der Waals surface area contributed by atoms with Gasteiger partial charge in [0.1, 0.15) is 0 Å². The molecule has 1 aromatic carbocycles. The Morgan fingerprint density at radius 2 is 1.74 bits per heavy atom. The number of hydrogen-bond acceptors (Lipinski definition) is 5. The maximum atomic E-state index is 12.6. The highest BCUT2D eigenvalue weighted by molar-refractivity contribution is 7.10. The number of hydrazone groups is 1. The van der Waals surface area contributed by atoms with E-state index in [4.69, 9.17) is 5.10 Å². The van der Waals surface area contributed by atoms with E-state index < -0.39 is 0 Å². The standard InChI is InChI=1S/C25H32N4OS/c30-24-18-21-8-9-23-22(10-17-31-23)25(21)26-29(24)12-5-4-11-27-13-15-28(16-14-27)19-20-6-2-1-3-7-20/h1-3,6-7,10,17,21H,4-5,8-9,11-16,18-19H2. The fourth-order valence-corrected chi connectivity index (χ4v) is 5.95. The summed E-state index contributed by atoms with van der Waals surface area (Å²) in [5, 5.41) is 8.74. The van der Waals surface area contributed by atoms with Gasteiger partial charge in [-0.1, -0.05) is 30.3 Å². The first-order chi connectivity index (χ1) is 15.3. The van der Waals surface area contributed by atoms with E-state index >= 15 is 0 Å². The Bertz CT molecular complexity index is 917. The van der Waals surface area contributed by atoms with Crippen LogP contribution in [0.25, 0.3) is 0 Å². The quantitative estimate of drug-likeness (QED) is 0.619. The minimum absolute atomic E-state index is 0.210. The third kappa shape index (κ3) is 4.92. The summed E-state index contributed by atoms with van der Waals surface area (Å²) in [7, 11) is 0. The van der Waals surface area contributed by atoms with Gasteiger partial charge >= 0.3 is 0 Å². The van der Waals surface area contributed by atoms with Crippen molar-refractivity contribution in [2.75, 3.05) is 39.3 Å². The van der Waals surface area contributed by atoms with E-state index in [1.807, 2.05) is 11.3 Å². The average molecular weight is 437 g/mol. The van der Waals surface area contributed by atoms with Gasteiger partial charge < -0.3 is 4.90 Å². The molecular weight excluding hydrogens is 404 g/mol. The molecule has 2 aromatic rings. The predicted molar refractivity (Wildman–Crippen MR) is 126 cm³/mol. The van der Waals surface area contributed by atoms with Gasteiger partial charge in [0.15, 0.2) is 0 Å². The number of thiophene rings is 1. The van der Waals surface area contributed by atoms with Crippen LogP contribution in [0.3, 0.4) is 0 Å². The fourth-order valence-electron chi connectivity index (χ4n) is 5.04. The predicted octanol–water partition coefficient (Wildman–Crippen LogP) is 3.84. The van der Waals surface area contributed by atoms with Crippen LogP contribution in [0.15, 0.2) is 46.9 Å². The van der Waals surface area contributed by atoms with Crippen molar-refractivity contribution in [2.45, 2.75) is 38.6 Å². The largest absolute Gasteiger partial charge is 0.301 e. The molecule has 1 unspecified atom stereocenters.